The monoisotopic (exact) mass is 277 g/mol. The van der Waals surface area contributed by atoms with Crippen LogP contribution in [0.5, 0.6) is 0 Å². The number of halogens is 3. The molecule has 7 heteroatoms. The summed E-state index contributed by atoms with van der Waals surface area (Å²) in [6.07, 6.45) is -2.98. The van der Waals surface area contributed by atoms with Crippen molar-refractivity contribution in [2.45, 2.75) is 38.9 Å². The molecule has 0 unspecified atom stereocenters. The van der Waals surface area contributed by atoms with Gasteiger partial charge in [-0.3, -0.25) is 4.79 Å². The summed E-state index contributed by atoms with van der Waals surface area (Å²) in [5.41, 5.74) is 6.51. The van der Waals surface area contributed by atoms with Gasteiger partial charge >= 0.3 is 6.18 Å². The Hall–Kier alpha value is -1.66. The van der Waals surface area contributed by atoms with Crippen molar-refractivity contribution in [3.63, 3.8) is 0 Å². The maximum atomic E-state index is 11.9. The zero-order valence-corrected chi connectivity index (χ0v) is 10.8. The third-order valence-corrected chi connectivity index (χ3v) is 2.66. The Balaban J connectivity index is 2.35. The van der Waals surface area contributed by atoms with Crippen molar-refractivity contribution in [3.05, 3.63) is 18.0 Å². The summed E-state index contributed by atoms with van der Waals surface area (Å²) < 4.78 is 37.4. The summed E-state index contributed by atoms with van der Waals surface area (Å²) >= 11 is 0. The van der Waals surface area contributed by atoms with Gasteiger partial charge in [0.2, 0.25) is 0 Å². The number of nitrogens with two attached hydrogens (primary N) is 1. The van der Waals surface area contributed by atoms with Crippen LogP contribution >= 0.6 is 0 Å². The molecule has 0 aliphatic rings. The van der Waals surface area contributed by atoms with E-state index in [1.807, 2.05) is 6.92 Å². The molecule has 1 heterocycles. The molecular weight excluding hydrogens is 259 g/mol. The van der Waals surface area contributed by atoms with Gasteiger partial charge in [0.1, 0.15) is 5.69 Å². The Morgan fingerprint density at radius 3 is 2.68 bits per heavy atom. The maximum absolute atomic E-state index is 11.9. The molecule has 0 radical (unpaired) electrons. The van der Waals surface area contributed by atoms with Gasteiger partial charge in [0.15, 0.2) is 0 Å². The number of hydrogen-bond acceptors (Lipinski definition) is 2. The zero-order valence-electron chi connectivity index (χ0n) is 10.8. The molecule has 19 heavy (non-hydrogen) atoms. The molecule has 1 aromatic heterocycles. The van der Waals surface area contributed by atoms with Gasteiger partial charge < -0.3 is 15.6 Å². The van der Waals surface area contributed by atoms with E-state index < -0.39 is 12.6 Å². The van der Waals surface area contributed by atoms with Gasteiger partial charge in [0.05, 0.1) is 5.69 Å². The smallest absolute Gasteiger partial charge is 0.389 e. The van der Waals surface area contributed by atoms with E-state index >= 15 is 0 Å². The third-order valence-electron chi connectivity index (χ3n) is 2.66. The minimum atomic E-state index is -4.13. The standard InChI is InChI=1S/C12H18F3N3O/c1-2-18-8-9(16)7-10(18)11(19)17-6-4-3-5-12(13,14)15/h7-8H,2-6,16H2,1H3,(H,17,19). The van der Waals surface area contributed by atoms with E-state index in [1.54, 1.807) is 16.8 Å². The number of nitrogens with one attached hydrogen (secondary N) is 1. The van der Waals surface area contributed by atoms with Crippen molar-refractivity contribution in [2.24, 2.45) is 0 Å². The first-order valence-electron chi connectivity index (χ1n) is 6.14. The number of carbonyl (C=O) groups excluding carboxylic acids is 1. The molecule has 0 aliphatic heterocycles. The first-order chi connectivity index (χ1) is 8.83. The van der Waals surface area contributed by atoms with Crippen LogP contribution in [0.15, 0.2) is 12.3 Å². The van der Waals surface area contributed by atoms with Gasteiger partial charge in [-0.05, 0) is 25.8 Å². The number of anilines is 1. The number of unbranched alkanes of at least 4 members (excludes halogenated alkanes) is 1. The lowest BCUT2D eigenvalue weighted by atomic mass is 10.2. The van der Waals surface area contributed by atoms with Crippen LogP contribution < -0.4 is 11.1 Å². The average Bonchev–Trinajstić information content (AvgIpc) is 2.68. The Labute approximate surface area is 109 Å². The van der Waals surface area contributed by atoms with Crippen molar-refractivity contribution in [3.8, 4) is 0 Å². The highest BCUT2D eigenvalue weighted by atomic mass is 19.4. The second kappa shape index (κ2) is 6.49. The van der Waals surface area contributed by atoms with E-state index in [1.165, 1.54) is 0 Å². The quantitative estimate of drug-likeness (QED) is 0.785. The summed E-state index contributed by atoms with van der Waals surface area (Å²) in [5, 5.41) is 2.59. The Morgan fingerprint density at radius 1 is 1.42 bits per heavy atom. The zero-order chi connectivity index (χ0) is 14.5. The van der Waals surface area contributed by atoms with E-state index in [0.29, 0.717) is 24.3 Å². The number of rotatable bonds is 6. The molecule has 0 aliphatic carbocycles. The summed E-state index contributed by atoms with van der Waals surface area (Å²) in [5.74, 6) is -0.314. The maximum Gasteiger partial charge on any atom is 0.389 e. The number of aryl methyl sites for hydroxylation is 1. The van der Waals surface area contributed by atoms with Crippen molar-refractivity contribution in [2.75, 3.05) is 12.3 Å². The SMILES string of the molecule is CCn1cc(N)cc1C(=O)NCCCCC(F)(F)F. The van der Waals surface area contributed by atoms with Crippen LogP contribution in [0.25, 0.3) is 0 Å². The summed E-state index contributed by atoms with van der Waals surface area (Å²) in [6.45, 7) is 2.71. The molecule has 0 saturated heterocycles. The van der Waals surface area contributed by atoms with E-state index in [4.69, 9.17) is 5.73 Å². The Bertz CT molecular complexity index is 426. The molecule has 3 N–H and O–H groups in total. The van der Waals surface area contributed by atoms with E-state index in [0.717, 1.165) is 0 Å². The van der Waals surface area contributed by atoms with Gasteiger partial charge in [-0.1, -0.05) is 0 Å². The van der Waals surface area contributed by atoms with Crippen molar-refractivity contribution >= 4 is 11.6 Å². The molecule has 0 saturated carbocycles. The fraction of sp³-hybridized carbons (Fsp3) is 0.583. The number of aromatic nitrogens is 1. The largest absolute Gasteiger partial charge is 0.397 e. The van der Waals surface area contributed by atoms with Crippen molar-refractivity contribution < 1.29 is 18.0 Å². The van der Waals surface area contributed by atoms with Crippen molar-refractivity contribution in [1.29, 1.82) is 0 Å². The van der Waals surface area contributed by atoms with Crippen LogP contribution in [-0.4, -0.2) is 23.2 Å². The highest BCUT2D eigenvalue weighted by Gasteiger charge is 2.25. The van der Waals surface area contributed by atoms with Gasteiger partial charge in [0, 0.05) is 25.7 Å². The fourth-order valence-electron chi connectivity index (χ4n) is 1.73. The molecular formula is C12H18F3N3O. The molecule has 1 amide bonds. The minimum Gasteiger partial charge on any atom is -0.397 e. The van der Waals surface area contributed by atoms with Crippen LogP contribution in [0, 0.1) is 0 Å². The number of hydrogen-bond donors (Lipinski definition) is 2. The summed E-state index contributed by atoms with van der Waals surface area (Å²) in [4.78, 5) is 11.8. The molecule has 0 spiro atoms. The predicted octanol–water partition coefficient (Wildman–Crippen LogP) is 2.55. The first-order valence-corrected chi connectivity index (χ1v) is 6.14. The topological polar surface area (TPSA) is 60.0 Å². The van der Waals surface area contributed by atoms with Crippen LogP contribution in [0.1, 0.15) is 36.7 Å². The lowest BCUT2D eigenvalue weighted by Crippen LogP contribution is -2.26. The van der Waals surface area contributed by atoms with Gasteiger partial charge in [0.25, 0.3) is 5.91 Å². The number of nitrogens with zero attached hydrogens (tertiary/aromatic N) is 1. The number of nitrogen functional groups attached to an aromatic ring is 1. The number of carbonyl (C=O) groups is 1. The summed E-state index contributed by atoms with van der Waals surface area (Å²) in [7, 11) is 0. The lowest BCUT2D eigenvalue weighted by molar-refractivity contribution is -0.135. The van der Waals surface area contributed by atoms with Crippen LogP contribution in [-0.2, 0) is 6.54 Å². The summed E-state index contributed by atoms with van der Waals surface area (Å²) in [6, 6.07) is 1.55. The van der Waals surface area contributed by atoms with Gasteiger partial charge in [-0.15, -0.1) is 0 Å². The molecule has 1 aromatic rings. The van der Waals surface area contributed by atoms with Crippen LogP contribution in [0.4, 0.5) is 18.9 Å². The highest BCUT2D eigenvalue weighted by Crippen LogP contribution is 2.21. The fourth-order valence-corrected chi connectivity index (χ4v) is 1.73. The van der Waals surface area contributed by atoms with Crippen LogP contribution in [0.3, 0.4) is 0 Å². The molecule has 0 fully saturated rings. The predicted molar refractivity (Wildman–Crippen MR) is 66.8 cm³/mol. The van der Waals surface area contributed by atoms with Crippen LogP contribution in [0.2, 0.25) is 0 Å². The Morgan fingerprint density at radius 2 is 2.11 bits per heavy atom. The molecule has 1 rings (SSSR count). The van der Waals surface area contributed by atoms with Gasteiger partial charge in [-0.25, -0.2) is 0 Å². The lowest BCUT2D eigenvalue weighted by Gasteiger charge is -2.08. The van der Waals surface area contributed by atoms with Crippen molar-refractivity contribution in [1.82, 2.24) is 9.88 Å². The number of amides is 1. The average molecular weight is 277 g/mol. The second-order valence-electron chi connectivity index (χ2n) is 4.27. The third kappa shape index (κ3) is 5.23. The normalized spacial score (nSPS) is 11.6. The minimum absolute atomic E-state index is 0.0146. The first kappa shape index (κ1) is 15.4. The number of alkyl halides is 3. The molecule has 0 bridgehead atoms. The highest BCUT2D eigenvalue weighted by molar-refractivity contribution is 5.93. The Kier molecular flexibility index (Phi) is 5.26. The second-order valence-corrected chi connectivity index (χ2v) is 4.27. The molecule has 108 valence electrons. The van der Waals surface area contributed by atoms with E-state index in [2.05, 4.69) is 5.32 Å². The molecule has 0 aromatic carbocycles. The molecule has 0 atom stereocenters. The molecule has 4 nitrogen and oxygen atoms in total. The van der Waals surface area contributed by atoms with E-state index in [-0.39, 0.29) is 18.9 Å². The van der Waals surface area contributed by atoms with Gasteiger partial charge in [-0.2, -0.15) is 13.2 Å². The van der Waals surface area contributed by atoms with E-state index in [9.17, 15) is 18.0 Å².